The minimum atomic E-state index is -1.34. The summed E-state index contributed by atoms with van der Waals surface area (Å²) >= 11 is 0. The maximum Gasteiger partial charge on any atom is 0.328 e. The number of nitrogens with zero attached hydrogens (tertiary/aromatic N) is 7. The average molecular weight is 1040 g/mol. The van der Waals surface area contributed by atoms with Gasteiger partial charge in [0.05, 0.1) is 37.9 Å². The van der Waals surface area contributed by atoms with E-state index in [1.54, 1.807) is 78.3 Å². The SMILES string of the molecule is CC(C)(C)OC(=O)CN1CCN(CC(=O)NCCCCCC(=O)N[C@@H](CNC(=O)c2ccc3c(cnn3CCCNc3ncc[nH]3)c2)C(=O)O)CCN(CC(=O)OC(C)(C)C)CCN(CC(=O)OC(C)(C)C)CC1. The van der Waals surface area contributed by atoms with E-state index in [1.807, 2.05) is 45.1 Å². The maximum atomic E-state index is 13.4. The number of amides is 3. The van der Waals surface area contributed by atoms with E-state index in [-0.39, 0.29) is 51.0 Å². The predicted octanol–water partition coefficient (Wildman–Crippen LogP) is 2.48. The molecule has 2 aromatic heterocycles. The highest BCUT2D eigenvalue weighted by Gasteiger charge is 2.27. The van der Waals surface area contributed by atoms with E-state index >= 15 is 0 Å². The monoisotopic (exact) mass is 1040 g/mol. The molecule has 23 nitrogen and oxygen atoms in total. The number of hydrogen-bond donors (Lipinski definition) is 6. The second kappa shape index (κ2) is 29.1. The summed E-state index contributed by atoms with van der Waals surface area (Å²) in [6, 6.07) is 3.78. The summed E-state index contributed by atoms with van der Waals surface area (Å²) in [5.41, 5.74) is -0.862. The summed E-state index contributed by atoms with van der Waals surface area (Å²) in [5.74, 6) is -2.94. The number of anilines is 1. The number of carbonyl (C=O) groups excluding carboxylic acids is 6. The number of aromatic amines is 1. The molecule has 0 saturated carbocycles. The van der Waals surface area contributed by atoms with Gasteiger partial charge in [0, 0.05) is 108 Å². The molecule has 6 N–H and O–H groups in total. The molecule has 0 radical (unpaired) electrons. The van der Waals surface area contributed by atoms with Crippen LogP contribution < -0.4 is 21.3 Å². The highest BCUT2D eigenvalue weighted by atomic mass is 16.6. The molecule has 1 aliphatic rings. The van der Waals surface area contributed by atoms with E-state index in [1.165, 1.54) is 0 Å². The Labute approximate surface area is 435 Å². The number of aliphatic carboxylic acids is 1. The van der Waals surface area contributed by atoms with Crippen molar-refractivity contribution in [2.45, 2.75) is 124 Å². The fraction of sp³-hybridized carbons (Fsp3) is 0.667. The number of rotatable bonds is 24. The minimum absolute atomic E-state index is 0.00764. The zero-order chi connectivity index (χ0) is 54.5. The van der Waals surface area contributed by atoms with Gasteiger partial charge in [-0.1, -0.05) is 6.42 Å². The van der Waals surface area contributed by atoms with Crippen molar-refractivity contribution < 1.29 is 52.9 Å². The summed E-state index contributed by atoms with van der Waals surface area (Å²) < 4.78 is 18.8. The molecule has 4 rings (SSSR count). The molecule has 1 saturated heterocycles. The van der Waals surface area contributed by atoms with Crippen LogP contribution in [0.2, 0.25) is 0 Å². The van der Waals surface area contributed by atoms with Crippen LogP contribution in [0.25, 0.3) is 10.9 Å². The zero-order valence-electron chi connectivity index (χ0n) is 45.1. The second-order valence-electron chi connectivity index (χ2n) is 21.6. The Morgan fingerprint density at radius 1 is 0.662 bits per heavy atom. The van der Waals surface area contributed by atoms with Gasteiger partial charge in [0.2, 0.25) is 11.8 Å². The number of esters is 3. The van der Waals surface area contributed by atoms with Crippen molar-refractivity contribution in [3.05, 3.63) is 42.4 Å². The van der Waals surface area contributed by atoms with Gasteiger partial charge in [0.1, 0.15) is 22.8 Å². The van der Waals surface area contributed by atoms with E-state index in [9.17, 15) is 38.7 Å². The highest BCUT2D eigenvalue weighted by Crippen LogP contribution is 2.17. The molecule has 0 unspecified atom stereocenters. The van der Waals surface area contributed by atoms with Gasteiger partial charge < -0.3 is 45.6 Å². The van der Waals surface area contributed by atoms with Gasteiger partial charge in [-0.05, 0) is 99.8 Å². The van der Waals surface area contributed by atoms with Gasteiger partial charge in [-0.3, -0.25) is 53.0 Å². The third-order valence-corrected chi connectivity index (χ3v) is 11.4. The Morgan fingerprint density at radius 3 is 1.68 bits per heavy atom. The molecule has 1 atom stereocenters. The number of aryl methyl sites for hydroxylation is 1. The highest BCUT2D eigenvalue weighted by molar-refractivity contribution is 5.98. The molecule has 3 aromatic rings. The summed E-state index contributed by atoms with van der Waals surface area (Å²) in [4.78, 5) is 105. The van der Waals surface area contributed by atoms with Crippen molar-refractivity contribution in [3.8, 4) is 0 Å². The largest absolute Gasteiger partial charge is 0.480 e. The van der Waals surface area contributed by atoms with Crippen LogP contribution in [0.4, 0.5) is 5.95 Å². The van der Waals surface area contributed by atoms with E-state index < -0.39 is 52.6 Å². The normalized spacial score (nSPS) is 15.5. The number of carboxylic acids is 1. The van der Waals surface area contributed by atoms with E-state index in [0.29, 0.717) is 103 Å². The predicted molar refractivity (Wildman–Crippen MR) is 278 cm³/mol. The van der Waals surface area contributed by atoms with Crippen molar-refractivity contribution in [1.82, 2.24) is 55.3 Å². The van der Waals surface area contributed by atoms with Crippen molar-refractivity contribution in [1.29, 1.82) is 0 Å². The molecule has 412 valence electrons. The summed E-state index contributed by atoms with van der Waals surface area (Å²) in [5, 5.41) is 26.3. The van der Waals surface area contributed by atoms with Crippen molar-refractivity contribution >= 4 is 58.5 Å². The van der Waals surface area contributed by atoms with Crippen molar-refractivity contribution in [2.75, 3.05) is 103 Å². The van der Waals surface area contributed by atoms with Crippen LogP contribution in [-0.2, 0) is 49.5 Å². The van der Waals surface area contributed by atoms with E-state index in [0.717, 1.165) is 17.3 Å². The van der Waals surface area contributed by atoms with Gasteiger partial charge in [-0.15, -0.1) is 0 Å². The van der Waals surface area contributed by atoms with Gasteiger partial charge in [-0.2, -0.15) is 5.10 Å². The summed E-state index contributed by atoms with van der Waals surface area (Å²) in [7, 11) is 0. The Balaban J connectivity index is 1.25. The van der Waals surface area contributed by atoms with Crippen LogP contribution in [0, 0.1) is 0 Å². The summed E-state index contributed by atoms with van der Waals surface area (Å²) in [6.45, 7) is 21.0. The van der Waals surface area contributed by atoms with Gasteiger partial charge >= 0.3 is 23.9 Å². The van der Waals surface area contributed by atoms with Crippen LogP contribution in [0.15, 0.2) is 36.8 Å². The fourth-order valence-corrected chi connectivity index (χ4v) is 7.92. The first-order valence-electron chi connectivity index (χ1n) is 25.6. The number of unbranched alkanes of at least 4 members (excludes halogenated alkanes) is 2. The fourth-order valence-electron chi connectivity index (χ4n) is 7.92. The number of carbonyl (C=O) groups is 7. The van der Waals surface area contributed by atoms with Gasteiger partial charge in [-0.25, -0.2) is 9.78 Å². The number of benzene rings is 1. The van der Waals surface area contributed by atoms with Crippen LogP contribution in [0.1, 0.15) is 105 Å². The molecule has 1 aliphatic heterocycles. The molecule has 74 heavy (non-hydrogen) atoms. The Bertz CT molecular complexity index is 2240. The molecule has 0 aliphatic carbocycles. The molecule has 23 heteroatoms. The molecule has 3 heterocycles. The average Bonchev–Trinajstić information content (AvgIpc) is 3.96. The number of H-pyrrole nitrogens is 1. The molecular formula is C51H82N12O11. The van der Waals surface area contributed by atoms with E-state index in [4.69, 9.17) is 14.2 Å². The first-order valence-corrected chi connectivity index (χ1v) is 25.6. The van der Waals surface area contributed by atoms with Gasteiger partial charge in [0.25, 0.3) is 5.91 Å². The number of ether oxygens (including phenoxy) is 3. The number of fused-ring (bicyclic) bond motifs is 1. The van der Waals surface area contributed by atoms with Gasteiger partial charge in [0.15, 0.2) is 5.95 Å². The number of carboxylic acid groups (broad SMARTS) is 1. The Kier molecular flexibility index (Phi) is 23.7. The minimum Gasteiger partial charge on any atom is -0.480 e. The molecule has 1 fully saturated rings. The maximum absolute atomic E-state index is 13.4. The third kappa shape index (κ3) is 24.2. The third-order valence-electron chi connectivity index (χ3n) is 11.4. The van der Waals surface area contributed by atoms with Crippen molar-refractivity contribution in [2.24, 2.45) is 0 Å². The van der Waals surface area contributed by atoms with Crippen LogP contribution in [0.3, 0.4) is 0 Å². The van der Waals surface area contributed by atoms with E-state index in [2.05, 4.69) is 36.3 Å². The lowest BCUT2D eigenvalue weighted by Crippen LogP contribution is -2.50. The Morgan fingerprint density at radius 2 is 1.19 bits per heavy atom. The lowest BCUT2D eigenvalue weighted by atomic mass is 10.1. The van der Waals surface area contributed by atoms with Crippen LogP contribution >= 0.6 is 0 Å². The second-order valence-corrected chi connectivity index (χ2v) is 21.6. The number of hydrogen-bond acceptors (Lipinski definition) is 17. The van der Waals surface area contributed by atoms with Crippen molar-refractivity contribution in [3.63, 3.8) is 0 Å². The molecule has 0 bridgehead atoms. The topological polar surface area (TPSA) is 275 Å². The first-order chi connectivity index (χ1) is 34.8. The lowest BCUT2D eigenvalue weighted by Gasteiger charge is -2.34. The standard InChI is InChI=1S/C51H82N12O11/c1-49(2,3)72-43(66)34-60-24-22-59(23-25-61(35-44(67)73-50(4,5)6)27-29-62(28-26-60)36-45(68)74-51(7,8)9)33-42(65)52-17-12-10-11-14-41(64)58-39(47(70)71)32-56-46(69)37-15-16-40-38(30-37)31-57-63(40)21-13-18-53-48-54-19-20-55-48/h15-16,19-20,30-31,39H,10-14,17-18,21-29,32-36H2,1-9H3,(H,52,65)(H,56,69)(H,58,64)(H,70,71)(H2,53,54,55)/t39-/m0/s1. The first kappa shape index (κ1) is 60.4. The smallest absolute Gasteiger partial charge is 0.328 e. The Hall–Kier alpha value is -6.17. The molecule has 3 amide bonds. The van der Waals surface area contributed by atoms with Crippen LogP contribution in [-0.4, -0.2) is 207 Å². The molecule has 1 aromatic carbocycles. The zero-order valence-corrected chi connectivity index (χ0v) is 45.1. The summed E-state index contributed by atoms with van der Waals surface area (Å²) in [6.07, 6.45) is 7.51. The lowest BCUT2D eigenvalue weighted by molar-refractivity contribution is -0.158. The number of aromatic nitrogens is 4. The van der Waals surface area contributed by atoms with Crippen LogP contribution in [0.5, 0.6) is 0 Å². The molecule has 0 spiro atoms. The molecular weight excluding hydrogens is 957 g/mol. The quantitative estimate of drug-likeness (QED) is 0.0427. The number of nitrogens with one attached hydrogen (secondary N) is 5. The number of imidazole rings is 1.